The lowest BCUT2D eigenvalue weighted by molar-refractivity contribution is -0.141. The third-order valence-corrected chi connectivity index (χ3v) is 3.71. The summed E-state index contributed by atoms with van der Waals surface area (Å²) in [5.74, 6) is -0.776. The number of aryl methyl sites for hydroxylation is 1. The van der Waals surface area contributed by atoms with Gasteiger partial charge in [0.1, 0.15) is 0 Å². The van der Waals surface area contributed by atoms with Gasteiger partial charge in [-0.25, -0.2) is 0 Å². The molecule has 1 saturated heterocycles. The van der Waals surface area contributed by atoms with Crippen molar-refractivity contribution in [2.45, 2.75) is 44.6 Å². The minimum atomic E-state index is -0.832. The zero-order chi connectivity index (χ0) is 14.4. The summed E-state index contributed by atoms with van der Waals surface area (Å²) in [6, 6.07) is 3.67. The number of nitrogens with zero attached hydrogens (tertiary/aromatic N) is 2. The molecule has 0 bridgehead atoms. The fourth-order valence-electron chi connectivity index (χ4n) is 2.68. The van der Waals surface area contributed by atoms with Crippen molar-refractivity contribution >= 4 is 11.9 Å². The summed E-state index contributed by atoms with van der Waals surface area (Å²) < 4.78 is 0. The molecule has 1 fully saturated rings. The first-order valence-electron chi connectivity index (χ1n) is 7.07. The van der Waals surface area contributed by atoms with E-state index in [1.807, 2.05) is 12.1 Å². The Bertz CT molecular complexity index is 461. The van der Waals surface area contributed by atoms with E-state index in [0.717, 1.165) is 24.8 Å². The average Bonchev–Trinajstić information content (AvgIpc) is 2.46. The van der Waals surface area contributed by atoms with Crippen molar-refractivity contribution in [1.29, 1.82) is 0 Å². The van der Waals surface area contributed by atoms with E-state index in [4.69, 9.17) is 5.11 Å². The van der Waals surface area contributed by atoms with Crippen LogP contribution in [-0.4, -0.2) is 39.5 Å². The summed E-state index contributed by atoms with van der Waals surface area (Å²) in [6.07, 6.45) is 7.37. The number of likely N-dealkylation sites (tertiary alicyclic amines) is 1. The van der Waals surface area contributed by atoms with Crippen LogP contribution in [-0.2, 0) is 16.0 Å². The SMILES string of the molecule is O=C(O)CC1CCCCN1C(=O)CCc1cccnc1. The molecule has 5 heteroatoms. The molecule has 1 aromatic heterocycles. The predicted octanol–water partition coefficient (Wildman–Crippen LogP) is 1.87. The Balaban J connectivity index is 1.90. The highest BCUT2D eigenvalue weighted by molar-refractivity contribution is 5.78. The van der Waals surface area contributed by atoms with Crippen LogP contribution >= 0.6 is 0 Å². The maximum atomic E-state index is 12.3. The Morgan fingerprint density at radius 1 is 1.40 bits per heavy atom. The molecule has 1 aliphatic heterocycles. The predicted molar refractivity (Wildman–Crippen MR) is 74.2 cm³/mol. The fourth-order valence-corrected chi connectivity index (χ4v) is 2.68. The van der Waals surface area contributed by atoms with Gasteiger partial charge in [0.15, 0.2) is 0 Å². The highest BCUT2D eigenvalue weighted by Gasteiger charge is 2.27. The number of pyridine rings is 1. The second-order valence-corrected chi connectivity index (χ2v) is 5.20. The van der Waals surface area contributed by atoms with Crippen LogP contribution in [0.1, 0.15) is 37.7 Å². The van der Waals surface area contributed by atoms with Gasteiger partial charge in [-0.05, 0) is 37.3 Å². The molecule has 20 heavy (non-hydrogen) atoms. The van der Waals surface area contributed by atoms with E-state index in [2.05, 4.69) is 4.98 Å². The molecule has 0 aliphatic carbocycles. The Hall–Kier alpha value is -1.91. The van der Waals surface area contributed by atoms with Gasteiger partial charge in [-0.15, -0.1) is 0 Å². The molecule has 0 saturated carbocycles. The summed E-state index contributed by atoms with van der Waals surface area (Å²) in [6.45, 7) is 0.684. The van der Waals surface area contributed by atoms with E-state index >= 15 is 0 Å². The lowest BCUT2D eigenvalue weighted by atomic mass is 9.98. The summed E-state index contributed by atoms with van der Waals surface area (Å²) >= 11 is 0. The van der Waals surface area contributed by atoms with Gasteiger partial charge in [-0.1, -0.05) is 6.07 Å². The van der Waals surface area contributed by atoms with Crippen LogP contribution in [0.2, 0.25) is 0 Å². The van der Waals surface area contributed by atoms with Crippen LogP contribution < -0.4 is 0 Å². The van der Waals surface area contributed by atoms with E-state index in [0.29, 0.717) is 19.4 Å². The van der Waals surface area contributed by atoms with Gasteiger partial charge >= 0.3 is 5.97 Å². The first-order valence-corrected chi connectivity index (χ1v) is 7.07. The molecule has 108 valence electrons. The Kier molecular flexibility index (Phi) is 5.09. The highest BCUT2D eigenvalue weighted by atomic mass is 16.4. The Morgan fingerprint density at radius 3 is 2.95 bits per heavy atom. The quantitative estimate of drug-likeness (QED) is 0.891. The number of hydrogen-bond donors (Lipinski definition) is 1. The first kappa shape index (κ1) is 14.5. The number of aromatic nitrogens is 1. The molecule has 1 aromatic rings. The summed E-state index contributed by atoms with van der Waals surface area (Å²) in [7, 11) is 0. The van der Waals surface area contributed by atoms with Crippen molar-refractivity contribution < 1.29 is 14.7 Å². The largest absolute Gasteiger partial charge is 0.481 e. The van der Waals surface area contributed by atoms with Crippen molar-refractivity contribution in [3.8, 4) is 0 Å². The number of piperidine rings is 1. The zero-order valence-corrected chi connectivity index (χ0v) is 11.5. The van der Waals surface area contributed by atoms with Crippen molar-refractivity contribution in [2.24, 2.45) is 0 Å². The number of carbonyl (C=O) groups excluding carboxylic acids is 1. The van der Waals surface area contributed by atoms with Crippen molar-refractivity contribution in [3.05, 3.63) is 30.1 Å². The van der Waals surface area contributed by atoms with Crippen molar-refractivity contribution in [1.82, 2.24) is 9.88 Å². The maximum absolute atomic E-state index is 12.3. The molecule has 1 N–H and O–H groups in total. The number of carboxylic acids is 1. The number of carboxylic acid groups (broad SMARTS) is 1. The minimum absolute atomic E-state index is 0.0542. The molecular weight excluding hydrogens is 256 g/mol. The molecule has 1 aliphatic rings. The topological polar surface area (TPSA) is 70.5 Å². The van der Waals surface area contributed by atoms with Crippen molar-refractivity contribution in [2.75, 3.05) is 6.54 Å². The van der Waals surface area contributed by atoms with Gasteiger partial charge in [0.25, 0.3) is 0 Å². The van der Waals surface area contributed by atoms with E-state index in [9.17, 15) is 9.59 Å². The summed E-state index contributed by atoms with van der Waals surface area (Å²) in [5, 5.41) is 8.93. The second kappa shape index (κ2) is 7.03. The molecule has 1 amide bonds. The number of hydrogen-bond acceptors (Lipinski definition) is 3. The van der Waals surface area contributed by atoms with Crippen molar-refractivity contribution in [3.63, 3.8) is 0 Å². The van der Waals surface area contributed by atoms with Crippen LogP contribution in [0.3, 0.4) is 0 Å². The second-order valence-electron chi connectivity index (χ2n) is 5.20. The number of rotatable bonds is 5. The van der Waals surface area contributed by atoms with Crippen LogP contribution in [0, 0.1) is 0 Å². The van der Waals surface area contributed by atoms with Gasteiger partial charge in [-0.2, -0.15) is 0 Å². The zero-order valence-electron chi connectivity index (χ0n) is 11.5. The molecule has 1 atom stereocenters. The van der Waals surface area contributed by atoms with Gasteiger partial charge in [-0.3, -0.25) is 14.6 Å². The van der Waals surface area contributed by atoms with Gasteiger partial charge in [0, 0.05) is 31.4 Å². The van der Waals surface area contributed by atoms with E-state index in [1.165, 1.54) is 0 Å². The lowest BCUT2D eigenvalue weighted by Crippen LogP contribution is -2.44. The molecule has 0 radical (unpaired) electrons. The molecule has 5 nitrogen and oxygen atoms in total. The lowest BCUT2D eigenvalue weighted by Gasteiger charge is -2.35. The summed E-state index contributed by atoms with van der Waals surface area (Å²) in [5.41, 5.74) is 1.03. The average molecular weight is 276 g/mol. The minimum Gasteiger partial charge on any atom is -0.481 e. The molecule has 1 unspecified atom stereocenters. The third-order valence-electron chi connectivity index (χ3n) is 3.71. The maximum Gasteiger partial charge on any atom is 0.305 e. The molecule has 0 spiro atoms. The van der Waals surface area contributed by atoms with Crippen LogP contribution in [0.25, 0.3) is 0 Å². The van der Waals surface area contributed by atoms with Crippen LogP contribution in [0.15, 0.2) is 24.5 Å². The van der Waals surface area contributed by atoms with E-state index in [1.54, 1.807) is 17.3 Å². The van der Waals surface area contributed by atoms with Crippen LogP contribution in [0.5, 0.6) is 0 Å². The molecule has 0 aromatic carbocycles. The molecule has 2 rings (SSSR count). The standard InChI is InChI=1S/C15H20N2O3/c18-14(7-6-12-4-3-8-16-11-12)17-9-2-1-5-13(17)10-15(19)20/h3-4,8,11,13H,1-2,5-7,9-10H2,(H,19,20). The normalized spacial score (nSPS) is 18.8. The number of amides is 1. The van der Waals surface area contributed by atoms with E-state index < -0.39 is 5.97 Å². The van der Waals surface area contributed by atoms with Gasteiger partial charge in [0.2, 0.25) is 5.91 Å². The number of aliphatic carboxylic acids is 1. The van der Waals surface area contributed by atoms with Crippen LogP contribution in [0.4, 0.5) is 0 Å². The fraction of sp³-hybridized carbons (Fsp3) is 0.533. The van der Waals surface area contributed by atoms with Gasteiger partial charge < -0.3 is 10.0 Å². The Labute approximate surface area is 118 Å². The monoisotopic (exact) mass is 276 g/mol. The Morgan fingerprint density at radius 2 is 2.25 bits per heavy atom. The summed E-state index contributed by atoms with van der Waals surface area (Å²) in [4.78, 5) is 28.9. The third kappa shape index (κ3) is 4.05. The molecular formula is C15H20N2O3. The first-order chi connectivity index (χ1) is 9.66. The van der Waals surface area contributed by atoms with E-state index in [-0.39, 0.29) is 18.4 Å². The number of carbonyl (C=O) groups is 2. The smallest absolute Gasteiger partial charge is 0.305 e. The molecule has 2 heterocycles. The van der Waals surface area contributed by atoms with Gasteiger partial charge in [0.05, 0.1) is 6.42 Å². The highest BCUT2D eigenvalue weighted by Crippen LogP contribution is 2.21.